The minimum absolute atomic E-state index is 0.143. The fourth-order valence-electron chi connectivity index (χ4n) is 4.09. The molecule has 1 unspecified atom stereocenters. The lowest BCUT2D eigenvalue weighted by atomic mass is 10.00. The number of aromatic hydroxyl groups is 1. The third kappa shape index (κ3) is 19.6. The number of rotatable bonds is 8. The zero-order valence-corrected chi connectivity index (χ0v) is 36.9. The lowest BCUT2D eigenvalue weighted by molar-refractivity contribution is -0.128. The van der Waals surface area contributed by atoms with Crippen LogP contribution in [-0.4, -0.2) is 76.1 Å². The van der Waals surface area contributed by atoms with E-state index in [0.29, 0.717) is 65.3 Å². The highest BCUT2D eigenvalue weighted by Gasteiger charge is 2.13. The number of hydrogen-bond donors (Lipinski definition) is 5. The van der Waals surface area contributed by atoms with Gasteiger partial charge in [-0.3, -0.25) is 14.7 Å². The van der Waals surface area contributed by atoms with Gasteiger partial charge in [0.05, 0.1) is 43.4 Å². The van der Waals surface area contributed by atoms with E-state index in [1.54, 1.807) is 36.1 Å². The van der Waals surface area contributed by atoms with Crippen molar-refractivity contribution in [2.24, 2.45) is 17.8 Å². The summed E-state index contributed by atoms with van der Waals surface area (Å²) in [6, 6.07) is 6.63. The van der Waals surface area contributed by atoms with Gasteiger partial charge in [-0.1, -0.05) is 92.4 Å². The summed E-state index contributed by atoms with van der Waals surface area (Å²) in [5.41, 5.74) is 9.55. The third-order valence-electron chi connectivity index (χ3n) is 7.25. The predicted molar refractivity (Wildman–Crippen MR) is 227 cm³/mol. The van der Waals surface area contributed by atoms with E-state index in [1.807, 2.05) is 47.6 Å². The van der Waals surface area contributed by atoms with Crippen LogP contribution in [0.2, 0.25) is 10.3 Å². The molecule has 0 saturated heterocycles. The van der Waals surface area contributed by atoms with Gasteiger partial charge in [-0.2, -0.15) is 30.3 Å². The third-order valence-corrected chi connectivity index (χ3v) is 7.72. The smallest absolute Gasteiger partial charge is 0.293 e. The van der Waals surface area contributed by atoms with Gasteiger partial charge in [0.15, 0.2) is 5.65 Å². The number of anilines is 1. The van der Waals surface area contributed by atoms with Crippen LogP contribution < -0.4 is 11.3 Å². The second-order valence-electron chi connectivity index (χ2n) is 13.6. The number of nitrogens with zero attached hydrogens (tertiary/aromatic N) is 8. The summed E-state index contributed by atoms with van der Waals surface area (Å²) in [5, 5.41) is 48.1. The number of aromatic amines is 2. The van der Waals surface area contributed by atoms with Gasteiger partial charge in [0.2, 0.25) is 5.88 Å². The Balaban J connectivity index is 0. The Labute approximate surface area is 350 Å². The number of halogens is 2. The molecule has 6 N–H and O–H groups in total. The monoisotopic (exact) mass is 847 g/mol. The van der Waals surface area contributed by atoms with Crippen LogP contribution in [0.1, 0.15) is 117 Å². The summed E-state index contributed by atoms with van der Waals surface area (Å²) < 4.78 is 7.06. The first kappa shape index (κ1) is 54.6. The highest BCUT2D eigenvalue weighted by atomic mass is 35.5. The Kier molecular flexibility index (Phi) is 28.0. The number of aliphatic hydroxyl groups is 1. The number of aliphatic hydroxyl groups excluding tert-OH is 1. The lowest BCUT2D eigenvalue weighted by Crippen LogP contribution is -2.07. The van der Waals surface area contributed by atoms with Crippen LogP contribution in [0.25, 0.3) is 11.3 Å². The van der Waals surface area contributed by atoms with Gasteiger partial charge >= 0.3 is 0 Å². The van der Waals surface area contributed by atoms with E-state index in [4.69, 9.17) is 44.6 Å². The van der Waals surface area contributed by atoms with Crippen LogP contribution in [0.3, 0.4) is 0 Å². The molecule has 1 atom stereocenters. The fourth-order valence-corrected chi connectivity index (χ4v) is 4.56. The van der Waals surface area contributed by atoms with Gasteiger partial charge in [0.25, 0.3) is 12.0 Å². The minimum Gasteiger partial charge on any atom is -0.493 e. The number of hydrogen-bond acceptors (Lipinski definition) is 13. The number of carbonyl (C=O) groups excluding carboxylic acids is 2. The normalized spacial score (nSPS) is 10.4. The summed E-state index contributed by atoms with van der Waals surface area (Å²) in [7, 11) is 1.00. The maximum Gasteiger partial charge on any atom is 0.293 e. The number of carbonyl (C=O) groups is 2. The molecule has 5 aromatic rings. The standard InChI is InChI=1S/C9H9Cl2N3.C9H11N3O2.C6H11N3.C6H9NO.C5H9N.C3H6O2.CH4O/c1-5(2)6-4-12-14-8(11)3-7(10)13-9(6)14;1-5(2)6-4-10-12-8(14)3-7(13)11-9(6)12;1-4(2)5-3-8-9-6(5)7;1-5(2)6(3-7)4-8;1-5(2)3-4-6;1-2-5-3-4;1-2/h3-5H,1-2H3;3-5,14H,1-2H3,(H,11,13);3-4H,1-2H3,(H3,7,8,9);4-6H,1-2H3;5H,3H2,1-2H3;3H,2H2,1H3;2H,1H3. The predicted octanol–water partition coefficient (Wildman–Crippen LogP) is 7.45. The van der Waals surface area contributed by atoms with Crippen molar-refractivity contribution >= 4 is 53.1 Å². The quantitative estimate of drug-likeness (QED) is 0.0751. The summed E-state index contributed by atoms with van der Waals surface area (Å²) in [6.45, 7) is 22.7. The summed E-state index contributed by atoms with van der Waals surface area (Å²) >= 11 is 11.8. The first-order chi connectivity index (χ1) is 27.3. The van der Waals surface area contributed by atoms with Gasteiger partial charge < -0.3 is 30.5 Å². The van der Waals surface area contributed by atoms with Gasteiger partial charge in [0.1, 0.15) is 34.0 Å². The Morgan fingerprint density at radius 1 is 0.897 bits per heavy atom. The number of nitrogen functional groups attached to an aromatic ring is 1. The number of aromatic nitrogens is 8. The van der Waals surface area contributed by atoms with E-state index in [9.17, 15) is 19.5 Å². The second-order valence-corrected chi connectivity index (χ2v) is 14.4. The molecule has 0 radical (unpaired) electrons. The summed E-state index contributed by atoms with van der Waals surface area (Å²) in [5.74, 6) is 1.88. The first-order valence-corrected chi connectivity index (χ1v) is 19.1. The maximum atomic E-state index is 11.1. The molecule has 58 heavy (non-hydrogen) atoms. The van der Waals surface area contributed by atoms with Crippen molar-refractivity contribution in [3.63, 3.8) is 0 Å². The number of nitriles is 2. The van der Waals surface area contributed by atoms with Gasteiger partial charge in [-0.25, -0.2) is 9.50 Å². The van der Waals surface area contributed by atoms with Crippen LogP contribution in [0.5, 0.6) is 5.88 Å². The van der Waals surface area contributed by atoms with Gasteiger partial charge in [0, 0.05) is 36.3 Å². The van der Waals surface area contributed by atoms with Gasteiger partial charge in [-0.15, -0.1) is 0 Å². The Hall–Kier alpha value is -5.49. The van der Waals surface area contributed by atoms with Crippen LogP contribution >= 0.6 is 23.2 Å². The molecule has 0 aliphatic heterocycles. The second kappa shape index (κ2) is 29.7. The average Bonchev–Trinajstić information content (AvgIpc) is 3.90. The number of fused-ring (bicyclic) bond motifs is 2. The molecule has 0 amide bonds. The van der Waals surface area contributed by atoms with Crippen molar-refractivity contribution in [3.8, 4) is 18.0 Å². The van der Waals surface area contributed by atoms with E-state index in [-0.39, 0.29) is 23.3 Å². The topological polar surface area (TPSA) is 266 Å². The molecule has 0 fully saturated rings. The molecule has 0 aromatic carbocycles. The van der Waals surface area contributed by atoms with E-state index in [2.05, 4.69) is 68.9 Å². The van der Waals surface area contributed by atoms with Crippen LogP contribution in [-0.2, 0) is 14.3 Å². The fraction of sp³-hybridized carbons (Fsp3) is 0.513. The summed E-state index contributed by atoms with van der Waals surface area (Å²) in [6.07, 6.45) is 6.55. The molecular weight excluding hydrogens is 789 g/mol. The van der Waals surface area contributed by atoms with Crippen LogP contribution in [0.4, 0.5) is 5.82 Å². The molecule has 19 heteroatoms. The van der Waals surface area contributed by atoms with Crippen molar-refractivity contribution in [2.45, 2.75) is 100 Å². The molecule has 0 bridgehead atoms. The molecule has 0 spiro atoms. The largest absolute Gasteiger partial charge is 0.493 e. The van der Waals surface area contributed by atoms with Crippen molar-refractivity contribution in [1.29, 1.82) is 10.5 Å². The van der Waals surface area contributed by atoms with Crippen molar-refractivity contribution in [3.05, 3.63) is 68.1 Å². The molecule has 5 aromatic heterocycles. The highest BCUT2D eigenvalue weighted by Crippen LogP contribution is 2.24. The van der Waals surface area contributed by atoms with Crippen LogP contribution in [0, 0.1) is 40.4 Å². The average molecular weight is 849 g/mol. The molecule has 17 nitrogen and oxygen atoms in total. The van der Waals surface area contributed by atoms with Gasteiger partial charge in [-0.05, 0) is 36.5 Å². The van der Waals surface area contributed by atoms with Crippen LogP contribution in [0.15, 0.2) is 35.5 Å². The summed E-state index contributed by atoms with van der Waals surface area (Å²) in [4.78, 5) is 37.1. The van der Waals surface area contributed by atoms with Crippen molar-refractivity contribution < 1.29 is 24.5 Å². The number of nitrogens with one attached hydrogen (secondary N) is 2. The molecule has 5 heterocycles. The number of aldehydes is 1. The van der Waals surface area contributed by atoms with Crippen molar-refractivity contribution in [2.75, 3.05) is 19.5 Å². The molecule has 320 valence electrons. The Morgan fingerprint density at radius 2 is 1.45 bits per heavy atom. The van der Waals surface area contributed by atoms with E-state index in [0.717, 1.165) is 35.5 Å². The van der Waals surface area contributed by atoms with E-state index < -0.39 is 5.92 Å². The Morgan fingerprint density at radius 3 is 1.79 bits per heavy atom. The minimum atomic E-state index is -0.421. The van der Waals surface area contributed by atoms with E-state index >= 15 is 0 Å². The first-order valence-electron chi connectivity index (χ1n) is 18.3. The van der Waals surface area contributed by atoms with E-state index in [1.165, 1.54) is 4.52 Å². The zero-order valence-electron chi connectivity index (χ0n) is 35.4. The number of ether oxygens (including phenoxy) is 1. The molecule has 5 rings (SSSR count). The molecule has 0 aliphatic carbocycles. The maximum absolute atomic E-state index is 11.1. The highest BCUT2D eigenvalue weighted by molar-refractivity contribution is 6.33. The SMILES string of the molecule is CC(C)C(C#N)C=O.CC(C)CC#N.CC(C)c1cn[nH]c1N.CC(C)c1cnn2c(Cl)cc(Cl)nc12.CC(C)c1cnn2c(O)cc(=O)[nH]c12.CCOC=O.CO. The molecule has 0 saturated carbocycles. The Bertz CT molecular complexity index is 2060. The number of nitrogens with two attached hydrogens (primary N) is 1. The zero-order chi connectivity index (χ0) is 45.1. The van der Waals surface area contributed by atoms with Crippen molar-refractivity contribution in [1.82, 2.24) is 39.4 Å². The molecular formula is C39H59Cl2N11O6. The molecule has 0 aliphatic rings. The number of H-pyrrole nitrogens is 2. The lowest BCUT2D eigenvalue weighted by Gasteiger charge is -2.02.